The molecule has 0 unspecified atom stereocenters. The summed E-state index contributed by atoms with van der Waals surface area (Å²) in [5.41, 5.74) is 5.86. The average molecular weight is 501 g/mol. The van der Waals surface area contributed by atoms with E-state index < -0.39 is 5.91 Å². The zero-order chi connectivity index (χ0) is 19.8. The van der Waals surface area contributed by atoms with Crippen LogP contribution in [0, 0.1) is 3.57 Å². The van der Waals surface area contributed by atoms with Crippen LogP contribution < -0.4 is 19.9 Å². The van der Waals surface area contributed by atoms with Crippen molar-refractivity contribution in [2.75, 3.05) is 20.8 Å². The minimum atomic E-state index is -0.467. The number of nitrogens with two attached hydrogens (primary N) is 1. The Bertz CT molecular complexity index is 798. The molecule has 0 aliphatic heterocycles. The molecule has 5 nitrogen and oxygen atoms in total. The molecule has 0 radical (unpaired) electrons. The third-order valence-corrected chi connectivity index (χ3v) is 5.70. The number of unbranched alkanes of at least 4 members (excludes halogenated alkanes) is 2. The summed E-state index contributed by atoms with van der Waals surface area (Å²) >= 11 is 3.77. The van der Waals surface area contributed by atoms with Crippen LogP contribution >= 0.6 is 34.4 Å². The fourth-order valence-electron chi connectivity index (χ4n) is 2.47. The maximum absolute atomic E-state index is 11.5. The molecule has 2 aromatic rings. The summed E-state index contributed by atoms with van der Waals surface area (Å²) < 4.78 is 17.7. The van der Waals surface area contributed by atoms with Crippen LogP contribution in [0.3, 0.4) is 0 Å². The fraction of sp³-hybridized carbons (Fsp3) is 0.350. The van der Waals surface area contributed by atoms with E-state index in [2.05, 4.69) is 29.5 Å². The Morgan fingerprint density at radius 3 is 2.52 bits per heavy atom. The lowest BCUT2D eigenvalue weighted by atomic mass is 10.2. The van der Waals surface area contributed by atoms with Gasteiger partial charge in [0.2, 0.25) is 5.91 Å². The monoisotopic (exact) mass is 501 g/mol. The van der Waals surface area contributed by atoms with E-state index in [0.717, 1.165) is 32.6 Å². The summed E-state index contributed by atoms with van der Waals surface area (Å²) in [6.45, 7) is 2.75. The molecule has 7 heteroatoms. The zero-order valence-electron chi connectivity index (χ0n) is 15.7. The topological polar surface area (TPSA) is 70.8 Å². The van der Waals surface area contributed by atoms with Crippen LogP contribution in [0.15, 0.2) is 40.1 Å². The molecule has 146 valence electrons. The molecule has 0 spiro atoms. The Labute approximate surface area is 178 Å². The lowest BCUT2D eigenvalue weighted by molar-refractivity contribution is 0.0999. The number of carbonyl (C=O) groups is 1. The zero-order valence-corrected chi connectivity index (χ0v) is 18.7. The van der Waals surface area contributed by atoms with Crippen molar-refractivity contribution >= 4 is 40.3 Å². The number of methoxy groups -OCH3 is 2. The van der Waals surface area contributed by atoms with Crippen molar-refractivity contribution in [2.24, 2.45) is 5.73 Å². The molecule has 0 saturated heterocycles. The van der Waals surface area contributed by atoms with Crippen molar-refractivity contribution in [3.8, 4) is 17.2 Å². The lowest BCUT2D eigenvalue weighted by Gasteiger charge is -2.14. The third kappa shape index (κ3) is 5.93. The average Bonchev–Trinajstić information content (AvgIpc) is 2.65. The first-order valence-corrected chi connectivity index (χ1v) is 10.6. The van der Waals surface area contributed by atoms with Crippen molar-refractivity contribution in [3.63, 3.8) is 0 Å². The molecule has 27 heavy (non-hydrogen) atoms. The van der Waals surface area contributed by atoms with Gasteiger partial charge in [-0.15, -0.1) is 0 Å². The second kappa shape index (κ2) is 10.7. The maximum Gasteiger partial charge on any atom is 0.248 e. The Balaban J connectivity index is 2.31. The third-order valence-electron chi connectivity index (χ3n) is 3.87. The second-order valence-electron chi connectivity index (χ2n) is 5.82. The Hall–Kier alpha value is -1.61. The smallest absolute Gasteiger partial charge is 0.248 e. The first-order valence-electron chi connectivity index (χ1n) is 8.66. The van der Waals surface area contributed by atoms with Crippen molar-refractivity contribution in [1.29, 1.82) is 0 Å². The number of rotatable bonds is 10. The molecule has 2 aromatic carbocycles. The molecule has 0 aliphatic rings. The van der Waals surface area contributed by atoms with Gasteiger partial charge in [-0.25, -0.2) is 0 Å². The van der Waals surface area contributed by atoms with Crippen LogP contribution in [0.25, 0.3) is 0 Å². The Morgan fingerprint density at radius 1 is 1.11 bits per heavy atom. The van der Waals surface area contributed by atoms with Gasteiger partial charge in [-0.05, 0) is 59.3 Å². The maximum atomic E-state index is 11.5. The summed E-state index contributed by atoms with van der Waals surface area (Å²) in [5, 5.41) is 0. The van der Waals surface area contributed by atoms with Gasteiger partial charge >= 0.3 is 0 Å². The van der Waals surface area contributed by atoms with Crippen LogP contribution in [0.2, 0.25) is 0 Å². The van der Waals surface area contributed by atoms with Crippen LogP contribution in [-0.4, -0.2) is 26.7 Å². The molecule has 0 atom stereocenters. The van der Waals surface area contributed by atoms with Crippen LogP contribution in [0.4, 0.5) is 0 Å². The number of primary amides is 1. The van der Waals surface area contributed by atoms with E-state index in [1.54, 1.807) is 38.1 Å². The molecule has 2 N–H and O–H groups in total. The second-order valence-corrected chi connectivity index (χ2v) is 8.10. The summed E-state index contributed by atoms with van der Waals surface area (Å²) in [6.07, 6.45) is 3.19. The molecular formula is C20H24INO4S. The van der Waals surface area contributed by atoms with Gasteiger partial charge in [-0.2, -0.15) is 0 Å². The van der Waals surface area contributed by atoms with E-state index in [4.69, 9.17) is 19.9 Å². The van der Waals surface area contributed by atoms with Crippen LogP contribution in [0.1, 0.15) is 36.5 Å². The molecule has 0 fully saturated rings. The largest absolute Gasteiger partial charge is 0.493 e. The number of carbonyl (C=O) groups excluding carboxylic acids is 1. The van der Waals surface area contributed by atoms with E-state index in [9.17, 15) is 4.79 Å². The van der Waals surface area contributed by atoms with E-state index in [1.807, 2.05) is 18.2 Å². The molecule has 0 heterocycles. The first-order chi connectivity index (χ1) is 13.0. The molecule has 2 rings (SSSR count). The molecular weight excluding hydrogens is 477 g/mol. The van der Waals surface area contributed by atoms with Crippen LogP contribution in [-0.2, 0) is 0 Å². The predicted molar refractivity (Wildman–Crippen MR) is 116 cm³/mol. The predicted octanol–water partition coefficient (Wildman–Crippen LogP) is 5.13. The number of amides is 1. The van der Waals surface area contributed by atoms with Gasteiger partial charge < -0.3 is 19.9 Å². The van der Waals surface area contributed by atoms with Gasteiger partial charge in [0.1, 0.15) is 5.75 Å². The first kappa shape index (κ1) is 21.7. The highest BCUT2D eigenvalue weighted by atomic mass is 127. The molecule has 0 bridgehead atoms. The summed E-state index contributed by atoms with van der Waals surface area (Å²) in [7, 11) is 3.24. The SMILES string of the molecule is CCCCCOc1cc(C(N)=O)ccc1Sc1cc(I)c(OC)c(OC)c1. The van der Waals surface area contributed by atoms with Crippen molar-refractivity contribution < 1.29 is 19.0 Å². The van der Waals surface area contributed by atoms with E-state index >= 15 is 0 Å². The summed E-state index contributed by atoms with van der Waals surface area (Å²) in [5.74, 6) is 1.58. The van der Waals surface area contributed by atoms with Gasteiger partial charge in [0.05, 0.1) is 29.3 Å². The normalized spacial score (nSPS) is 10.5. The number of halogens is 1. The summed E-state index contributed by atoms with van der Waals surface area (Å²) in [6, 6.07) is 9.24. The Kier molecular flexibility index (Phi) is 8.56. The number of hydrogen-bond donors (Lipinski definition) is 1. The number of benzene rings is 2. The molecule has 1 amide bonds. The van der Waals surface area contributed by atoms with E-state index in [1.165, 1.54) is 0 Å². The number of hydrogen-bond acceptors (Lipinski definition) is 5. The quantitative estimate of drug-likeness (QED) is 0.361. The minimum absolute atomic E-state index is 0.437. The van der Waals surface area contributed by atoms with E-state index in [0.29, 0.717) is 29.4 Å². The van der Waals surface area contributed by atoms with Gasteiger partial charge in [0.25, 0.3) is 0 Å². The molecule has 0 aliphatic carbocycles. The van der Waals surface area contributed by atoms with Gasteiger partial charge in [-0.3, -0.25) is 4.79 Å². The highest BCUT2D eigenvalue weighted by Gasteiger charge is 2.14. The van der Waals surface area contributed by atoms with Crippen molar-refractivity contribution in [1.82, 2.24) is 0 Å². The van der Waals surface area contributed by atoms with Gasteiger partial charge in [0, 0.05) is 10.5 Å². The standard InChI is InChI=1S/C20H24INO4S/c1-4-5-6-9-26-16-10-13(20(22)23)7-8-18(16)27-14-11-15(21)19(25-3)17(12-14)24-2/h7-8,10-12H,4-6,9H2,1-3H3,(H2,22,23). The fourth-order valence-corrected chi connectivity index (χ4v) is 4.46. The van der Waals surface area contributed by atoms with Crippen molar-refractivity contribution in [2.45, 2.75) is 36.0 Å². The highest BCUT2D eigenvalue weighted by molar-refractivity contribution is 14.1. The Morgan fingerprint density at radius 2 is 1.89 bits per heavy atom. The van der Waals surface area contributed by atoms with Crippen LogP contribution in [0.5, 0.6) is 17.2 Å². The minimum Gasteiger partial charge on any atom is -0.493 e. The van der Waals surface area contributed by atoms with Gasteiger partial charge in [0.15, 0.2) is 11.5 Å². The number of ether oxygens (including phenoxy) is 3. The molecule has 0 aromatic heterocycles. The van der Waals surface area contributed by atoms with E-state index in [-0.39, 0.29) is 0 Å². The lowest BCUT2D eigenvalue weighted by Crippen LogP contribution is -2.11. The summed E-state index contributed by atoms with van der Waals surface area (Å²) in [4.78, 5) is 13.4. The highest BCUT2D eigenvalue weighted by Crippen LogP contribution is 2.41. The molecule has 0 saturated carbocycles. The van der Waals surface area contributed by atoms with Gasteiger partial charge in [-0.1, -0.05) is 31.5 Å². The van der Waals surface area contributed by atoms with Crippen molar-refractivity contribution in [3.05, 3.63) is 39.5 Å².